The number of amides is 1. The average Bonchev–Trinajstić information content (AvgIpc) is 3.11. The van der Waals surface area contributed by atoms with Crippen molar-refractivity contribution in [3.8, 4) is 23.1 Å². The Bertz CT molecular complexity index is 671. The standard InChI is InChI=1S/C13H9N3O3/c17-8-14-10-5-3-9(4-6-10)12-15-16-13(19-12)11-2-1-7-18-11/h1-8H,(H,14,17). The summed E-state index contributed by atoms with van der Waals surface area (Å²) in [5.41, 5.74) is 1.46. The molecule has 3 rings (SSSR count). The third-order valence-electron chi connectivity index (χ3n) is 2.51. The van der Waals surface area contributed by atoms with E-state index in [1.165, 1.54) is 0 Å². The lowest BCUT2D eigenvalue weighted by Gasteiger charge is -1.98. The molecule has 0 aliphatic carbocycles. The molecular weight excluding hydrogens is 246 g/mol. The van der Waals surface area contributed by atoms with Crippen molar-refractivity contribution in [2.75, 3.05) is 5.32 Å². The number of benzene rings is 1. The molecule has 0 spiro atoms. The lowest BCUT2D eigenvalue weighted by Crippen LogP contribution is -1.92. The van der Waals surface area contributed by atoms with Crippen LogP contribution in [0.3, 0.4) is 0 Å². The second kappa shape index (κ2) is 4.77. The highest BCUT2D eigenvalue weighted by atomic mass is 16.4. The van der Waals surface area contributed by atoms with Crippen molar-refractivity contribution in [1.82, 2.24) is 10.2 Å². The van der Waals surface area contributed by atoms with E-state index in [9.17, 15) is 4.79 Å². The van der Waals surface area contributed by atoms with Crippen LogP contribution in [-0.4, -0.2) is 16.6 Å². The van der Waals surface area contributed by atoms with E-state index in [0.717, 1.165) is 5.56 Å². The molecule has 0 aliphatic rings. The van der Waals surface area contributed by atoms with Gasteiger partial charge in [0.05, 0.1) is 6.26 Å². The van der Waals surface area contributed by atoms with Gasteiger partial charge in [0.25, 0.3) is 5.89 Å². The average molecular weight is 255 g/mol. The van der Waals surface area contributed by atoms with Gasteiger partial charge >= 0.3 is 0 Å². The van der Waals surface area contributed by atoms with Gasteiger partial charge in [0, 0.05) is 11.3 Å². The van der Waals surface area contributed by atoms with Crippen molar-refractivity contribution in [2.24, 2.45) is 0 Å². The molecule has 94 valence electrons. The number of nitrogens with zero attached hydrogens (tertiary/aromatic N) is 2. The van der Waals surface area contributed by atoms with Gasteiger partial charge < -0.3 is 14.2 Å². The van der Waals surface area contributed by atoms with E-state index in [0.29, 0.717) is 29.6 Å². The summed E-state index contributed by atoms with van der Waals surface area (Å²) >= 11 is 0. The molecule has 3 aromatic rings. The number of hydrogen-bond donors (Lipinski definition) is 1. The molecule has 0 unspecified atom stereocenters. The topological polar surface area (TPSA) is 81.2 Å². The van der Waals surface area contributed by atoms with Crippen LogP contribution in [-0.2, 0) is 4.79 Å². The molecule has 2 heterocycles. The van der Waals surface area contributed by atoms with Crippen molar-refractivity contribution >= 4 is 12.1 Å². The van der Waals surface area contributed by atoms with Gasteiger partial charge in [0.1, 0.15) is 0 Å². The van der Waals surface area contributed by atoms with Crippen LogP contribution >= 0.6 is 0 Å². The molecule has 6 nitrogen and oxygen atoms in total. The molecule has 19 heavy (non-hydrogen) atoms. The Labute approximate surface area is 108 Å². The van der Waals surface area contributed by atoms with Crippen LogP contribution in [0.2, 0.25) is 0 Å². The fourth-order valence-electron chi connectivity index (χ4n) is 1.62. The Morgan fingerprint density at radius 1 is 1.05 bits per heavy atom. The van der Waals surface area contributed by atoms with Gasteiger partial charge in [-0.3, -0.25) is 4.79 Å². The van der Waals surface area contributed by atoms with Crippen LogP contribution in [0.25, 0.3) is 23.1 Å². The van der Waals surface area contributed by atoms with Crippen molar-refractivity contribution in [2.45, 2.75) is 0 Å². The molecule has 0 bridgehead atoms. The summed E-state index contributed by atoms with van der Waals surface area (Å²) in [6, 6.07) is 10.6. The van der Waals surface area contributed by atoms with Crippen LogP contribution < -0.4 is 5.32 Å². The molecule has 0 saturated carbocycles. The van der Waals surface area contributed by atoms with Crippen LogP contribution in [0.5, 0.6) is 0 Å². The number of furan rings is 1. The van der Waals surface area contributed by atoms with Crippen LogP contribution in [0.4, 0.5) is 5.69 Å². The minimum Gasteiger partial charge on any atom is -0.459 e. The number of carbonyl (C=O) groups excluding carboxylic acids is 1. The molecule has 6 heteroatoms. The summed E-state index contributed by atoms with van der Waals surface area (Å²) in [4.78, 5) is 10.3. The van der Waals surface area contributed by atoms with Gasteiger partial charge in [0.15, 0.2) is 5.76 Å². The minimum absolute atomic E-state index is 0.329. The third kappa shape index (κ3) is 2.23. The maximum absolute atomic E-state index is 10.3. The monoisotopic (exact) mass is 255 g/mol. The van der Waals surface area contributed by atoms with E-state index in [1.54, 1.807) is 42.7 Å². The summed E-state index contributed by atoms with van der Waals surface area (Å²) < 4.78 is 10.7. The quantitative estimate of drug-likeness (QED) is 0.724. The van der Waals surface area contributed by atoms with Crippen molar-refractivity contribution in [3.63, 3.8) is 0 Å². The zero-order valence-corrected chi connectivity index (χ0v) is 9.74. The molecule has 0 radical (unpaired) electrons. The van der Waals surface area contributed by atoms with Gasteiger partial charge in [-0.25, -0.2) is 0 Å². The Morgan fingerprint density at radius 3 is 2.53 bits per heavy atom. The summed E-state index contributed by atoms with van der Waals surface area (Å²) in [5, 5.41) is 10.4. The minimum atomic E-state index is 0.329. The molecule has 0 saturated heterocycles. The number of anilines is 1. The second-order valence-electron chi connectivity index (χ2n) is 3.73. The first-order valence-electron chi connectivity index (χ1n) is 5.55. The molecular formula is C13H9N3O3. The van der Waals surface area contributed by atoms with Gasteiger partial charge in [-0.05, 0) is 36.4 Å². The van der Waals surface area contributed by atoms with Gasteiger partial charge in [0.2, 0.25) is 12.3 Å². The maximum atomic E-state index is 10.3. The Balaban J connectivity index is 1.88. The fourth-order valence-corrected chi connectivity index (χ4v) is 1.62. The van der Waals surface area contributed by atoms with Crippen LogP contribution in [0.15, 0.2) is 51.5 Å². The molecule has 0 atom stereocenters. The summed E-state index contributed by atoms with van der Waals surface area (Å²) in [6.45, 7) is 0. The highest BCUT2D eigenvalue weighted by Crippen LogP contribution is 2.24. The van der Waals surface area contributed by atoms with Crippen molar-refractivity contribution in [1.29, 1.82) is 0 Å². The number of rotatable bonds is 4. The zero-order valence-electron chi connectivity index (χ0n) is 9.74. The van der Waals surface area contributed by atoms with Gasteiger partial charge in [-0.15, -0.1) is 10.2 Å². The van der Waals surface area contributed by atoms with Crippen LogP contribution in [0.1, 0.15) is 0 Å². The molecule has 0 aliphatic heterocycles. The molecule has 1 aromatic carbocycles. The summed E-state index contributed by atoms with van der Waals surface area (Å²) in [5.74, 6) is 1.25. The third-order valence-corrected chi connectivity index (χ3v) is 2.51. The Kier molecular flexibility index (Phi) is 2.82. The van der Waals surface area contributed by atoms with Crippen molar-refractivity contribution in [3.05, 3.63) is 42.7 Å². The van der Waals surface area contributed by atoms with E-state index in [1.807, 2.05) is 0 Å². The zero-order chi connectivity index (χ0) is 13.1. The lowest BCUT2D eigenvalue weighted by atomic mass is 10.2. The predicted molar refractivity (Wildman–Crippen MR) is 67.1 cm³/mol. The number of carbonyl (C=O) groups is 1. The lowest BCUT2D eigenvalue weighted by molar-refractivity contribution is -0.105. The van der Waals surface area contributed by atoms with E-state index >= 15 is 0 Å². The Morgan fingerprint density at radius 2 is 1.84 bits per heavy atom. The highest BCUT2D eigenvalue weighted by molar-refractivity contribution is 5.72. The Hall–Kier alpha value is -2.89. The number of hydrogen-bond acceptors (Lipinski definition) is 5. The van der Waals surface area contributed by atoms with Gasteiger partial charge in [-0.1, -0.05) is 0 Å². The first-order chi connectivity index (χ1) is 9.36. The molecule has 0 fully saturated rings. The number of nitrogens with one attached hydrogen (secondary N) is 1. The first-order valence-corrected chi connectivity index (χ1v) is 5.55. The molecule has 2 aromatic heterocycles. The first kappa shape index (κ1) is 11.2. The largest absolute Gasteiger partial charge is 0.459 e. The normalized spacial score (nSPS) is 10.3. The van der Waals surface area contributed by atoms with Crippen molar-refractivity contribution < 1.29 is 13.6 Å². The van der Waals surface area contributed by atoms with E-state index < -0.39 is 0 Å². The molecule has 1 amide bonds. The summed E-state index contributed by atoms with van der Waals surface area (Å²) in [7, 11) is 0. The van der Waals surface area contributed by atoms with E-state index in [2.05, 4.69) is 15.5 Å². The number of aromatic nitrogens is 2. The SMILES string of the molecule is O=CNc1ccc(-c2nnc(-c3ccco3)o2)cc1. The highest BCUT2D eigenvalue weighted by Gasteiger charge is 2.12. The van der Waals surface area contributed by atoms with Crippen LogP contribution in [0, 0.1) is 0 Å². The maximum Gasteiger partial charge on any atom is 0.283 e. The summed E-state index contributed by atoms with van der Waals surface area (Å²) in [6.07, 6.45) is 2.16. The predicted octanol–water partition coefficient (Wildman–Crippen LogP) is 2.56. The van der Waals surface area contributed by atoms with E-state index in [-0.39, 0.29) is 0 Å². The molecule has 1 N–H and O–H groups in total. The van der Waals surface area contributed by atoms with Gasteiger partial charge in [-0.2, -0.15) is 0 Å². The van der Waals surface area contributed by atoms with E-state index in [4.69, 9.17) is 8.83 Å². The second-order valence-corrected chi connectivity index (χ2v) is 3.73. The fraction of sp³-hybridized carbons (Fsp3) is 0. The smallest absolute Gasteiger partial charge is 0.283 e.